The van der Waals surface area contributed by atoms with Gasteiger partial charge in [-0.15, -0.1) is 0 Å². The Morgan fingerprint density at radius 1 is 1.57 bits per heavy atom. The lowest BCUT2D eigenvalue weighted by Crippen LogP contribution is -2.29. The lowest BCUT2D eigenvalue weighted by Gasteiger charge is -2.18. The predicted octanol–water partition coefficient (Wildman–Crippen LogP) is 0.327. The molecule has 2 atom stereocenters. The van der Waals surface area contributed by atoms with Crippen molar-refractivity contribution in [3.05, 3.63) is 0 Å². The van der Waals surface area contributed by atoms with Crippen LogP contribution in [-0.4, -0.2) is 45.3 Å². The minimum absolute atomic E-state index is 0.217. The van der Waals surface area contributed by atoms with Crippen molar-refractivity contribution in [2.24, 2.45) is 0 Å². The lowest BCUT2D eigenvalue weighted by atomic mass is 10.4. The van der Waals surface area contributed by atoms with Crippen molar-refractivity contribution in [3.8, 4) is 0 Å². The monoisotopic (exact) mass is 204 g/mol. The van der Waals surface area contributed by atoms with E-state index < -0.39 is 0 Å². The van der Waals surface area contributed by atoms with Gasteiger partial charge in [0.2, 0.25) is 0 Å². The normalized spacial score (nSPS) is 28.1. The van der Waals surface area contributed by atoms with E-state index >= 15 is 0 Å². The molecule has 0 spiro atoms. The molecule has 1 aliphatic heterocycles. The summed E-state index contributed by atoms with van der Waals surface area (Å²) in [6.45, 7) is 2.63. The van der Waals surface area contributed by atoms with Gasteiger partial charge in [-0.05, 0) is 0 Å². The third-order valence-electron chi connectivity index (χ3n) is 1.88. The van der Waals surface area contributed by atoms with Crippen molar-refractivity contribution in [2.45, 2.75) is 25.7 Å². The van der Waals surface area contributed by atoms with Crippen molar-refractivity contribution in [1.82, 2.24) is 0 Å². The molecule has 82 valence electrons. The first-order chi connectivity index (χ1) is 6.72. The van der Waals surface area contributed by atoms with Gasteiger partial charge in [0.15, 0.2) is 6.29 Å². The molecule has 0 aromatic heterocycles. The number of esters is 1. The Bertz CT molecular complexity index is 182. The first-order valence-electron chi connectivity index (χ1n) is 4.61. The average molecular weight is 204 g/mol. The van der Waals surface area contributed by atoms with Crippen LogP contribution in [0.1, 0.15) is 13.3 Å². The molecule has 1 saturated heterocycles. The van der Waals surface area contributed by atoms with Gasteiger partial charge >= 0.3 is 5.97 Å². The highest BCUT2D eigenvalue weighted by Gasteiger charge is 2.21. The maximum atomic E-state index is 10.6. The second-order valence-corrected chi connectivity index (χ2v) is 3.09. The quantitative estimate of drug-likeness (QED) is 0.620. The maximum absolute atomic E-state index is 10.6. The first-order valence-corrected chi connectivity index (χ1v) is 4.61. The van der Waals surface area contributed by atoms with E-state index in [0.29, 0.717) is 19.6 Å². The molecule has 14 heavy (non-hydrogen) atoms. The molecule has 0 bridgehead atoms. The van der Waals surface area contributed by atoms with Crippen LogP contribution in [0.3, 0.4) is 0 Å². The molecule has 0 aromatic carbocycles. The van der Waals surface area contributed by atoms with Crippen molar-refractivity contribution < 1.29 is 23.7 Å². The van der Waals surface area contributed by atoms with E-state index in [2.05, 4.69) is 0 Å². The van der Waals surface area contributed by atoms with Crippen LogP contribution in [0.2, 0.25) is 0 Å². The van der Waals surface area contributed by atoms with Crippen LogP contribution in [0.15, 0.2) is 0 Å². The van der Waals surface area contributed by atoms with E-state index in [9.17, 15) is 4.79 Å². The average Bonchev–Trinajstić information content (AvgIpc) is 2.39. The number of carbonyl (C=O) groups is 1. The van der Waals surface area contributed by atoms with Crippen LogP contribution in [0, 0.1) is 0 Å². The number of hydrogen-bond donors (Lipinski definition) is 0. The van der Waals surface area contributed by atoms with Crippen LogP contribution in [0.5, 0.6) is 0 Å². The number of rotatable bonds is 3. The first kappa shape index (κ1) is 11.4. The molecule has 0 amide bonds. The van der Waals surface area contributed by atoms with Crippen LogP contribution in [0.25, 0.3) is 0 Å². The summed E-state index contributed by atoms with van der Waals surface area (Å²) in [5.41, 5.74) is 0. The maximum Gasteiger partial charge on any atom is 0.302 e. The van der Waals surface area contributed by atoms with Crippen LogP contribution < -0.4 is 0 Å². The molecule has 1 heterocycles. The predicted molar refractivity (Wildman–Crippen MR) is 47.7 cm³/mol. The zero-order valence-corrected chi connectivity index (χ0v) is 8.52. The fraction of sp³-hybridized carbons (Fsp3) is 0.889. The number of methoxy groups -OCH3 is 1. The standard InChI is InChI=1S/C9H16O5/c1-7(10)13-6-8-5-12-4-3-9(11-2)14-8/h8-9H,3-6H2,1-2H3. The topological polar surface area (TPSA) is 54.0 Å². The SMILES string of the molecule is COC1CCOCC(COC(C)=O)O1. The van der Waals surface area contributed by atoms with E-state index in [0.717, 1.165) is 0 Å². The van der Waals surface area contributed by atoms with Gasteiger partial charge < -0.3 is 18.9 Å². The van der Waals surface area contributed by atoms with Crippen molar-refractivity contribution >= 4 is 5.97 Å². The second kappa shape index (κ2) is 5.95. The van der Waals surface area contributed by atoms with Crippen LogP contribution >= 0.6 is 0 Å². The molecule has 5 nitrogen and oxygen atoms in total. The highest BCUT2D eigenvalue weighted by atomic mass is 16.7. The smallest absolute Gasteiger partial charge is 0.302 e. The summed E-state index contributed by atoms with van der Waals surface area (Å²) in [7, 11) is 1.58. The molecule has 0 N–H and O–H groups in total. The molecule has 0 saturated carbocycles. The third-order valence-corrected chi connectivity index (χ3v) is 1.88. The van der Waals surface area contributed by atoms with E-state index in [4.69, 9.17) is 18.9 Å². The highest BCUT2D eigenvalue weighted by molar-refractivity contribution is 5.65. The Labute approximate surface area is 83.3 Å². The Kier molecular flexibility index (Phi) is 4.86. The van der Waals surface area contributed by atoms with E-state index in [1.807, 2.05) is 0 Å². The molecule has 0 radical (unpaired) electrons. The summed E-state index contributed by atoms with van der Waals surface area (Å²) >= 11 is 0. The van der Waals surface area contributed by atoms with Crippen LogP contribution in [-0.2, 0) is 23.7 Å². The minimum atomic E-state index is -0.313. The van der Waals surface area contributed by atoms with Gasteiger partial charge in [0.05, 0.1) is 13.2 Å². The fourth-order valence-electron chi connectivity index (χ4n) is 1.19. The minimum Gasteiger partial charge on any atom is -0.463 e. The van der Waals surface area contributed by atoms with E-state index in [1.165, 1.54) is 6.92 Å². The largest absolute Gasteiger partial charge is 0.463 e. The van der Waals surface area contributed by atoms with Crippen molar-refractivity contribution in [3.63, 3.8) is 0 Å². The third kappa shape index (κ3) is 4.04. The van der Waals surface area contributed by atoms with Crippen molar-refractivity contribution in [2.75, 3.05) is 26.9 Å². The fourth-order valence-corrected chi connectivity index (χ4v) is 1.19. The summed E-state index contributed by atoms with van der Waals surface area (Å²) in [4.78, 5) is 10.6. The zero-order chi connectivity index (χ0) is 10.4. The zero-order valence-electron chi connectivity index (χ0n) is 8.52. The van der Waals surface area contributed by atoms with Gasteiger partial charge in [-0.3, -0.25) is 4.79 Å². The molecule has 1 aliphatic rings. The molecule has 0 aliphatic carbocycles. The second-order valence-electron chi connectivity index (χ2n) is 3.09. The van der Waals surface area contributed by atoms with Crippen LogP contribution in [0.4, 0.5) is 0 Å². The molecule has 2 unspecified atom stereocenters. The summed E-state index contributed by atoms with van der Waals surface area (Å²) in [6.07, 6.45) is 0.206. The molecular formula is C9H16O5. The van der Waals surface area contributed by atoms with Gasteiger partial charge in [0.1, 0.15) is 12.7 Å². The van der Waals surface area contributed by atoms with Gasteiger partial charge in [-0.25, -0.2) is 0 Å². The van der Waals surface area contributed by atoms with Crippen molar-refractivity contribution in [1.29, 1.82) is 0 Å². The number of ether oxygens (including phenoxy) is 4. The molecule has 1 rings (SSSR count). The van der Waals surface area contributed by atoms with Gasteiger partial charge in [-0.1, -0.05) is 0 Å². The Balaban J connectivity index is 2.31. The number of hydrogen-bond acceptors (Lipinski definition) is 5. The molecule has 0 aromatic rings. The van der Waals surface area contributed by atoms with E-state index in [1.54, 1.807) is 7.11 Å². The van der Waals surface area contributed by atoms with Gasteiger partial charge in [0.25, 0.3) is 0 Å². The highest BCUT2D eigenvalue weighted by Crippen LogP contribution is 2.10. The van der Waals surface area contributed by atoms with E-state index in [-0.39, 0.29) is 25.0 Å². The summed E-state index contributed by atoms with van der Waals surface area (Å²) in [5.74, 6) is -0.313. The molecular weight excluding hydrogens is 188 g/mol. The number of carbonyl (C=O) groups excluding carboxylic acids is 1. The summed E-state index contributed by atoms with van der Waals surface area (Å²) < 4.78 is 20.7. The van der Waals surface area contributed by atoms with Gasteiger partial charge in [0, 0.05) is 20.5 Å². The lowest BCUT2D eigenvalue weighted by molar-refractivity contribution is -0.171. The summed E-state index contributed by atoms with van der Waals surface area (Å²) in [6, 6.07) is 0. The summed E-state index contributed by atoms with van der Waals surface area (Å²) in [5, 5.41) is 0. The molecule has 1 fully saturated rings. The Morgan fingerprint density at radius 3 is 3.00 bits per heavy atom. The van der Waals surface area contributed by atoms with Gasteiger partial charge in [-0.2, -0.15) is 0 Å². The Morgan fingerprint density at radius 2 is 2.36 bits per heavy atom. The Hall–Kier alpha value is -0.650. The molecule has 5 heteroatoms.